The summed E-state index contributed by atoms with van der Waals surface area (Å²) in [6.45, 7) is 0. The molecular formula is C17H19ClF2N2O2. The lowest BCUT2D eigenvalue weighted by Crippen LogP contribution is -2.64. The SMILES string of the molecule is O=C1NC(C2CCC(F)(F)CC2)C(=O)NC1Cc1ccccc1Cl. The molecule has 1 saturated heterocycles. The molecule has 2 aliphatic rings. The van der Waals surface area contributed by atoms with Crippen LogP contribution in [-0.4, -0.2) is 29.8 Å². The van der Waals surface area contributed by atoms with Crippen LogP contribution < -0.4 is 10.6 Å². The summed E-state index contributed by atoms with van der Waals surface area (Å²) in [5, 5.41) is 5.97. The Morgan fingerprint density at radius 3 is 2.42 bits per heavy atom. The van der Waals surface area contributed by atoms with E-state index in [1.165, 1.54) is 0 Å². The Balaban J connectivity index is 1.64. The van der Waals surface area contributed by atoms with E-state index < -0.39 is 18.0 Å². The van der Waals surface area contributed by atoms with Gasteiger partial charge in [0, 0.05) is 24.3 Å². The highest BCUT2D eigenvalue weighted by Gasteiger charge is 2.43. The van der Waals surface area contributed by atoms with Gasteiger partial charge >= 0.3 is 0 Å². The van der Waals surface area contributed by atoms with Crippen LogP contribution in [-0.2, 0) is 16.0 Å². The molecule has 130 valence electrons. The zero-order valence-electron chi connectivity index (χ0n) is 13.0. The van der Waals surface area contributed by atoms with Crippen molar-refractivity contribution in [3.63, 3.8) is 0 Å². The van der Waals surface area contributed by atoms with E-state index in [0.29, 0.717) is 11.4 Å². The van der Waals surface area contributed by atoms with Gasteiger partial charge in [-0.15, -0.1) is 0 Å². The minimum absolute atomic E-state index is 0.236. The Morgan fingerprint density at radius 1 is 1.08 bits per heavy atom. The molecule has 1 aromatic carbocycles. The van der Waals surface area contributed by atoms with Crippen molar-refractivity contribution in [3.05, 3.63) is 34.9 Å². The monoisotopic (exact) mass is 356 g/mol. The first-order chi connectivity index (χ1) is 11.4. The molecule has 1 aromatic rings. The highest BCUT2D eigenvalue weighted by molar-refractivity contribution is 6.31. The topological polar surface area (TPSA) is 58.2 Å². The van der Waals surface area contributed by atoms with Gasteiger partial charge in [-0.25, -0.2) is 8.78 Å². The molecule has 2 amide bonds. The number of rotatable bonds is 3. The summed E-state index contributed by atoms with van der Waals surface area (Å²) < 4.78 is 26.5. The fourth-order valence-corrected chi connectivity index (χ4v) is 3.61. The number of benzene rings is 1. The van der Waals surface area contributed by atoms with Crippen molar-refractivity contribution < 1.29 is 18.4 Å². The van der Waals surface area contributed by atoms with Crippen molar-refractivity contribution >= 4 is 23.4 Å². The summed E-state index contributed by atoms with van der Waals surface area (Å²) in [6.07, 6.45) is 0.300. The summed E-state index contributed by atoms with van der Waals surface area (Å²) in [6, 6.07) is 5.71. The molecule has 24 heavy (non-hydrogen) atoms. The van der Waals surface area contributed by atoms with Crippen molar-refractivity contribution in [2.45, 2.75) is 50.1 Å². The lowest BCUT2D eigenvalue weighted by molar-refractivity contribution is -0.139. The third kappa shape index (κ3) is 3.69. The minimum Gasteiger partial charge on any atom is -0.342 e. The average Bonchev–Trinajstić information content (AvgIpc) is 2.53. The van der Waals surface area contributed by atoms with E-state index in [1.807, 2.05) is 6.07 Å². The van der Waals surface area contributed by atoms with Crippen LogP contribution in [0.25, 0.3) is 0 Å². The third-order valence-electron chi connectivity index (χ3n) is 4.83. The summed E-state index contributed by atoms with van der Waals surface area (Å²) in [7, 11) is 0. The molecule has 0 spiro atoms. The molecule has 2 unspecified atom stereocenters. The first-order valence-electron chi connectivity index (χ1n) is 8.08. The lowest BCUT2D eigenvalue weighted by Gasteiger charge is -2.37. The normalized spacial score (nSPS) is 27.5. The molecule has 2 atom stereocenters. The second-order valence-electron chi connectivity index (χ2n) is 6.54. The van der Waals surface area contributed by atoms with Crippen LogP contribution in [0.1, 0.15) is 31.2 Å². The molecule has 0 aromatic heterocycles. The molecule has 1 heterocycles. The predicted octanol–water partition coefficient (Wildman–Crippen LogP) is 2.69. The van der Waals surface area contributed by atoms with E-state index in [-0.39, 0.29) is 43.4 Å². The smallest absolute Gasteiger partial charge is 0.248 e. The fraction of sp³-hybridized carbons (Fsp3) is 0.529. The van der Waals surface area contributed by atoms with Crippen LogP contribution in [0.15, 0.2) is 24.3 Å². The molecule has 2 fully saturated rings. The van der Waals surface area contributed by atoms with Gasteiger partial charge in [0.05, 0.1) is 0 Å². The molecule has 1 aliphatic carbocycles. The first-order valence-corrected chi connectivity index (χ1v) is 8.45. The van der Waals surface area contributed by atoms with Gasteiger partial charge in [-0.3, -0.25) is 9.59 Å². The van der Waals surface area contributed by atoms with Gasteiger partial charge in [0.2, 0.25) is 17.7 Å². The number of carbonyl (C=O) groups is 2. The highest BCUT2D eigenvalue weighted by Crippen LogP contribution is 2.37. The maximum absolute atomic E-state index is 13.3. The standard InChI is InChI=1S/C17H19ClF2N2O2/c18-12-4-2-1-3-11(12)9-13-15(23)22-14(16(24)21-13)10-5-7-17(19,20)8-6-10/h1-4,10,13-14H,5-9H2,(H,21,24)(H,22,23). The Bertz CT molecular complexity index is 643. The second kappa shape index (κ2) is 6.67. The number of hydrogen-bond acceptors (Lipinski definition) is 2. The van der Waals surface area contributed by atoms with Gasteiger partial charge in [0.25, 0.3) is 0 Å². The van der Waals surface area contributed by atoms with Crippen molar-refractivity contribution in [1.82, 2.24) is 10.6 Å². The maximum Gasteiger partial charge on any atom is 0.248 e. The van der Waals surface area contributed by atoms with Gasteiger partial charge in [0.1, 0.15) is 12.1 Å². The van der Waals surface area contributed by atoms with Crippen LogP contribution in [0.4, 0.5) is 8.78 Å². The van der Waals surface area contributed by atoms with Crippen LogP contribution in [0.3, 0.4) is 0 Å². The second-order valence-corrected chi connectivity index (χ2v) is 6.94. The average molecular weight is 357 g/mol. The third-order valence-corrected chi connectivity index (χ3v) is 5.20. The van der Waals surface area contributed by atoms with Crippen LogP contribution in [0.5, 0.6) is 0 Å². The van der Waals surface area contributed by atoms with E-state index in [0.717, 1.165) is 5.56 Å². The largest absolute Gasteiger partial charge is 0.342 e. The molecule has 0 bridgehead atoms. The van der Waals surface area contributed by atoms with E-state index in [2.05, 4.69) is 10.6 Å². The van der Waals surface area contributed by atoms with E-state index in [4.69, 9.17) is 11.6 Å². The van der Waals surface area contributed by atoms with Crippen molar-refractivity contribution in [1.29, 1.82) is 0 Å². The molecule has 1 aliphatic heterocycles. The quantitative estimate of drug-likeness (QED) is 0.874. The summed E-state index contributed by atoms with van der Waals surface area (Å²) in [4.78, 5) is 24.7. The summed E-state index contributed by atoms with van der Waals surface area (Å²) in [5.74, 6) is -3.49. The predicted molar refractivity (Wildman–Crippen MR) is 85.9 cm³/mol. The molecule has 4 nitrogen and oxygen atoms in total. The lowest BCUT2D eigenvalue weighted by atomic mass is 9.80. The Morgan fingerprint density at radius 2 is 1.75 bits per heavy atom. The van der Waals surface area contributed by atoms with Crippen molar-refractivity contribution in [3.8, 4) is 0 Å². The fourth-order valence-electron chi connectivity index (χ4n) is 3.40. The Kier molecular flexibility index (Phi) is 4.76. The Labute approximate surface area is 143 Å². The number of halogens is 3. The summed E-state index contributed by atoms with van der Waals surface area (Å²) >= 11 is 6.09. The number of alkyl halides is 2. The van der Waals surface area contributed by atoms with Crippen molar-refractivity contribution in [2.75, 3.05) is 0 Å². The van der Waals surface area contributed by atoms with Gasteiger partial charge in [-0.2, -0.15) is 0 Å². The molecule has 7 heteroatoms. The van der Waals surface area contributed by atoms with Gasteiger partial charge in [-0.1, -0.05) is 29.8 Å². The molecular weight excluding hydrogens is 338 g/mol. The van der Waals surface area contributed by atoms with Crippen LogP contribution in [0, 0.1) is 5.92 Å². The summed E-state index contributed by atoms with van der Waals surface area (Å²) in [5.41, 5.74) is 0.773. The molecule has 3 rings (SSSR count). The first kappa shape index (κ1) is 17.1. The van der Waals surface area contributed by atoms with Gasteiger partial charge in [-0.05, 0) is 30.4 Å². The van der Waals surface area contributed by atoms with Gasteiger partial charge in [0.15, 0.2) is 0 Å². The number of nitrogens with one attached hydrogen (secondary N) is 2. The number of piperazine rings is 1. The van der Waals surface area contributed by atoms with Gasteiger partial charge < -0.3 is 10.6 Å². The molecule has 1 saturated carbocycles. The van der Waals surface area contributed by atoms with E-state index in [1.54, 1.807) is 18.2 Å². The van der Waals surface area contributed by atoms with E-state index >= 15 is 0 Å². The minimum atomic E-state index is -2.65. The zero-order chi connectivity index (χ0) is 17.3. The number of amides is 2. The van der Waals surface area contributed by atoms with Crippen LogP contribution in [0.2, 0.25) is 5.02 Å². The maximum atomic E-state index is 13.3. The Hall–Kier alpha value is -1.69. The highest BCUT2D eigenvalue weighted by atomic mass is 35.5. The zero-order valence-corrected chi connectivity index (χ0v) is 13.8. The van der Waals surface area contributed by atoms with Crippen molar-refractivity contribution in [2.24, 2.45) is 5.92 Å². The van der Waals surface area contributed by atoms with E-state index in [9.17, 15) is 18.4 Å². The van der Waals surface area contributed by atoms with Crippen LogP contribution >= 0.6 is 11.6 Å². The number of carbonyl (C=O) groups excluding carboxylic acids is 2. The number of hydrogen-bond donors (Lipinski definition) is 2. The molecule has 2 N–H and O–H groups in total. The molecule has 0 radical (unpaired) electrons.